The topological polar surface area (TPSA) is 9.23 Å². The second-order valence-corrected chi connectivity index (χ2v) is 4.84. The van der Waals surface area contributed by atoms with E-state index in [0.717, 1.165) is 4.90 Å². The molecule has 5 heteroatoms. The summed E-state index contributed by atoms with van der Waals surface area (Å²) in [7, 11) is 0. The molecule has 0 heterocycles. The molecule has 1 aromatic carbocycles. The monoisotopic (exact) mass is 236 g/mol. The average molecular weight is 236 g/mol. The molecule has 84 valence electrons. The molecule has 1 nitrogen and oxygen atoms in total. The van der Waals surface area contributed by atoms with Crippen LogP contribution in [0.5, 0.6) is 5.75 Å². The molecule has 0 spiro atoms. The molecule has 0 aromatic heterocycles. The molecule has 0 fully saturated rings. The number of alkyl halides is 3. The van der Waals surface area contributed by atoms with Gasteiger partial charge in [-0.25, -0.2) is 0 Å². The van der Waals surface area contributed by atoms with Gasteiger partial charge in [0.05, 0.1) is 0 Å². The van der Waals surface area contributed by atoms with Gasteiger partial charge < -0.3 is 4.74 Å². The van der Waals surface area contributed by atoms with Crippen LogP contribution >= 0.6 is 11.8 Å². The van der Waals surface area contributed by atoms with E-state index in [1.807, 2.05) is 13.8 Å². The maximum atomic E-state index is 11.8. The lowest BCUT2D eigenvalue weighted by molar-refractivity contribution is -0.274. The number of halogens is 3. The molecule has 1 aromatic rings. The maximum Gasteiger partial charge on any atom is 0.573 e. The van der Waals surface area contributed by atoms with Gasteiger partial charge in [0.25, 0.3) is 0 Å². The van der Waals surface area contributed by atoms with Crippen molar-refractivity contribution in [1.29, 1.82) is 0 Å². The van der Waals surface area contributed by atoms with Crippen molar-refractivity contribution >= 4 is 11.8 Å². The van der Waals surface area contributed by atoms with Crippen LogP contribution in [0.4, 0.5) is 13.2 Å². The molecule has 0 amide bonds. The highest BCUT2D eigenvalue weighted by molar-refractivity contribution is 7.99. The van der Waals surface area contributed by atoms with E-state index in [2.05, 4.69) is 4.74 Å². The van der Waals surface area contributed by atoms with E-state index < -0.39 is 6.36 Å². The molecule has 0 saturated carbocycles. The summed E-state index contributed by atoms with van der Waals surface area (Å²) >= 11 is 1.59. The fraction of sp³-hybridized carbons (Fsp3) is 0.400. The molecule has 0 aliphatic carbocycles. The third-order valence-electron chi connectivity index (χ3n) is 1.43. The van der Waals surface area contributed by atoms with Crippen LogP contribution in [-0.2, 0) is 0 Å². The number of ether oxygens (including phenoxy) is 1. The van der Waals surface area contributed by atoms with E-state index in [1.54, 1.807) is 23.9 Å². The first-order valence-electron chi connectivity index (χ1n) is 4.39. The van der Waals surface area contributed by atoms with Crippen molar-refractivity contribution in [3.8, 4) is 5.75 Å². The lowest BCUT2D eigenvalue weighted by Gasteiger charge is -2.09. The highest BCUT2D eigenvalue weighted by Crippen LogP contribution is 2.27. The Balaban J connectivity index is 2.64. The number of hydrogen-bond acceptors (Lipinski definition) is 2. The molecule has 15 heavy (non-hydrogen) atoms. The summed E-state index contributed by atoms with van der Waals surface area (Å²) in [5.41, 5.74) is 0. The molecule has 0 unspecified atom stereocenters. The van der Waals surface area contributed by atoms with Crippen molar-refractivity contribution in [2.45, 2.75) is 30.4 Å². The SMILES string of the molecule is CC(C)Sc1ccc(OC(F)(F)F)cc1. The van der Waals surface area contributed by atoms with Crippen molar-refractivity contribution < 1.29 is 17.9 Å². The fourth-order valence-electron chi connectivity index (χ4n) is 0.992. The zero-order chi connectivity index (χ0) is 11.5. The van der Waals surface area contributed by atoms with Gasteiger partial charge >= 0.3 is 6.36 Å². The second kappa shape index (κ2) is 4.79. The van der Waals surface area contributed by atoms with Gasteiger partial charge in [-0.1, -0.05) is 13.8 Å². The predicted octanol–water partition coefficient (Wildman–Crippen LogP) is 4.09. The van der Waals surface area contributed by atoms with Gasteiger partial charge in [-0.05, 0) is 24.3 Å². The summed E-state index contributed by atoms with van der Waals surface area (Å²) in [4.78, 5) is 0.930. The zero-order valence-electron chi connectivity index (χ0n) is 8.34. The number of rotatable bonds is 3. The summed E-state index contributed by atoms with van der Waals surface area (Å²) in [6, 6.07) is 5.87. The van der Waals surface area contributed by atoms with Crippen LogP contribution < -0.4 is 4.74 Å². The van der Waals surface area contributed by atoms with Crippen LogP contribution in [-0.4, -0.2) is 11.6 Å². The van der Waals surface area contributed by atoms with Gasteiger partial charge in [0.2, 0.25) is 0 Å². The molecule has 0 aliphatic heterocycles. The van der Waals surface area contributed by atoms with Crippen molar-refractivity contribution in [2.24, 2.45) is 0 Å². The Morgan fingerprint density at radius 2 is 1.67 bits per heavy atom. The van der Waals surface area contributed by atoms with Crippen LogP contribution in [0.2, 0.25) is 0 Å². The first-order chi connectivity index (χ1) is 6.87. The van der Waals surface area contributed by atoms with E-state index in [9.17, 15) is 13.2 Å². The molecule has 0 bridgehead atoms. The van der Waals surface area contributed by atoms with Crippen LogP contribution in [0.1, 0.15) is 13.8 Å². The Kier molecular flexibility index (Phi) is 3.90. The summed E-state index contributed by atoms with van der Waals surface area (Å²) < 4.78 is 39.2. The highest BCUT2D eigenvalue weighted by Gasteiger charge is 2.30. The standard InChI is InChI=1S/C10H11F3OS/c1-7(2)15-9-5-3-8(4-6-9)14-10(11,12)13/h3-7H,1-2H3. The van der Waals surface area contributed by atoms with E-state index >= 15 is 0 Å². The van der Waals surface area contributed by atoms with Crippen molar-refractivity contribution in [3.05, 3.63) is 24.3 Å². The van der Waals surface area contributed by atoms with Crippen LogP contribution in [0.15, 0.2) is 29.2 Å². The second-order valence-electron chi connectivity index (χ2n) is 3.19. The van der Waals surface area contributed by atoms with E-state index in [0.29, 0.717) is 5.25 Å². The number of benzene rings is 1. The van der Waals surface area contributed by atoms with Crippen molar-refractivity contribution in [1.82, 2.24) is 0 Å². The summed E-state index contributed by atoms with van der Waals surface area (Å²) in [5, 5.41) is 0.402. The van der Waals surface area contributed by atoms with Gasteiger partial charge in [-0.15, -0.1) is 24.9 Å². The number of thioether (sulfide) groups is 1. The van der Waals surface area contributed by atoms with E-state index in [-0.39, 0.29) is 5.75 Å². The van der Waals surface area contributed by atoms with Crippen molar-refractivity contribution in [2.75, 3.05) is 0 Å². The summed E-state index contributed by atoms with van der Waals surface area (Å²) in [5.74, 6) is -0.185. The van der Waals surface area contributed by atoms with Gasteiger partial charge in [-0.2, -0.15) is 0 Å². The lowest BCUT2D eigenvalue weighted by Crippen LogP contribution is -2.16. The molecule has 0 atom stereocenters. The third kappa shape index (κ3) is 4.97. The molecule has 0 N–H and O–H groups in total. The smallest absolute Gasteiger partial charge is 0.406 e. The molecule has 0 aliphatic rings. The Labute approximate surface area is 90.6 Å². The van der Waals surface area contributed by atoms with Crippen molar-refractivity contribution in [3.63, 3.8) is 0 Å². The largest absolute Gasteiger partial charge is 0.573 e. The van der Waals surface area contributed by atoms with E-state index in [1.165, 1.54) is 12.1 Å². The van der Waals surface area contributed by atoms with E-state index in [4.69, 9.17) is 0 Å². The fourth-order valence-corrected chi connectivity index (χ4v) is 1.83. The minimum absolute atomic E-state index is 0.185. The molecular formula is C10H11F3OS. The van der Waals surface area contributed by atoms with Gasteiger partial charge in [0, 0.05) is 10.1 Å². The Hall–Kier alpha value is -0.840. The lowest BCUT2D eigenvalue weighted by atomic mass is 10.3. The third-order valence-corrected chi connectivity index (χ3v) is 2.44. The van der Waals surface area contributed by atoms with Crippen LogP contribution in [0, 0.1) is 0 Å². The molecular weight excluding hydrogens is 225 g/mol. The predicted molar refractivity (Wildman–Crippen MR) is 54.1 cm³/mol. The van der Waals surface area contributed by atoms with Crippen LogP contribution in [0.3, 0.4) is 0 Å². The highest BCUT2D eigenvalue weighted by atomic mass is 32.2. The van der Waals surface area contributed by atoms with Gasteiger partial charge in [0.15, 0.2) is 0 Å². The van der Waals surface area contributed by atoms with Gasteiger partial charge in [0.1, 0.15) is 5.75 Å². The Bertz CT molecular complexity index is 305. The first kappa shape index (κ1) is 12.2. The minimum atomic E-state index is -4.62. The summed E-state index contributed by atoms with van der Waals surface area (Å²) in [6.45, 7) is 4.04. The molecule has 0 radical (unpaired) electrons. The average Bonchev–Trinajstić information content (AvgIpc) is 2.05. The molecule has 0 saturated heterocycles. The normalized spacial score (nSPS) is 11.9. The minimum Gasteiger partial charge on any atom is -0.406 e. The summed E-state index contributed by atoms with van der Waals surface area (Å²) in [6.07, 6.45) is -4.62. The Morgan fingerprint density at radius 3 is 2.07 bits per heavy atom. The quantitative estimate of drug-likeness (QED) is 0.731. The number of hydrogen-bond donors (Lipinski definition) is 0. The first-order valence-corrected chi connectivity index (χ1v) is 5.27. The zero-order valence-corrected chi connectivity index (χ0v) is 9.15. The van der Waals surface area contributed by atoms with Crippen LogP contribution in [0.25, 0.3) is 0 Å². The molecule has 1 rings (SSSR count). The Morgan fingerprint density at radius 1 is 1.13 bits per heavy atom. The maximum absolute atomic E-state index is 11.8. The van der Waals surface area contributed by atoms with Gasteiger partial charge in [-0.3, -0.25) is 0 Å².